The molecule has 5 aromatic rings. The summed E-state index contributed by atoms with van der Waals surface area (Å²) in [5.74, 6) is 0. The molecule has 0 saturated carbocycles. The molecule has 0 fully saturated rings. The fourth-order valence-corrected chi connectivity index (χ4v) is 3.97. The zero-order chi connectivity index (χ0) is 20.9. The van der Waals surface area contributed by atoms with Crippen LogP contribution < -0.4 is 0 Å². The second-order valence-electron chi connectivity index (χ2n) is 7.48. The average molecular weight is 398 g/mol. The molecule has 0 unspecified atom stereocenters. The molecule has 0 aliphatic carbocycles. The summed E-state index contributed by atoms with van der Waals surface area (Å²) in [5, 5.41) is 0. The Morgan fingerprint density at radius 3 is 1.61 bits per heavy atom. The Hall–Kier alpha value is -4.10. The van der Waals surface area contributed by atoms with Crippen LogP contribution in [-0.4, -0.2) is 4.57 Å². The van der Waals surface area contributed by atoms with E-state index < -0.39 is 0 Å². The summed E-state index contributed by atoms with van der Waals surface area (Å²) in [4.78, 5) is 0. The summed E-state index contributed by atoms with van der Waals surface area (Å²) in [5.41, 5.74) is 8.32. The number of benzene rings is 4. The number of para-hydroxylation sites is 1. The van der Waals surface area contributed by atoms with Gasteiger partial charge in [0.2, 0.25) is 0 Å². The van der Waals surface area contributed by atoms with Crippen molar-refractivity contribution in [1.82, 2.24) is 4.57 Å². The van der Waals surface area contributed by atoms with Gasteiger partial charge in [0, 0.05) is 16.9 Å². The van der Waals surface area contributed by atoms with Crippen molar-refractivity contribution in [3.05, 3.63) is 139 Å². The number of hydrogen-bond donors (Lipinski definition) is 0. The van der Waals surface area contributed by atoms with Crippen molar-refractivity contribution >= 4 is 12.2 Å². The Morgan fingerprint density at radius 1 is 0.484 bits per heavy atom. The van der Waals surface area contributed by atoms with E-state index in [9.17, 15) is 0 Å². The molecule has 0 saturated heterocycles. The first-order valence-electron chi connectivity index (χ1n) is 10.6. The van der Waals surface area contributed by atoms with Gasteiger partial charge in [-0.15, -0.1) is 0 Å². The third kappa shape index (κ3) is 3.99. The lowest BCUT2D eigenvalue weighted by atomic mass is 10.0. The highest BCUT2D eigenvalue weighted by molar-refractivity contribution is 5.87. The number of nitrogens with zero attached hydrogens (tertiary/aromatic N) is 1. The fourth-order valence-electron chi connectivity index (χ4n) is 3.97. The summed E-state index contributed by atoms with van der Waals surface area (Å²) in [6.07, 6.45) is 4.39. The highest BCUT2D eigenvalue weighted by Crippen LogP contribution is 2.38. The van der Waals surface area contributed by atoms with Crippen molar-refractivity contribution < 1.29 is 0 Å². The van der Waals surface area contributed by atoms with Crippen molar-refractivity contribution in [3.63, 3.8) is 0 Å². The summed E-state index contributed by atoms with van der Waals surface area (Å²) in [7, 11) is 0. The van der Waals surface area contributed by atoms with E-state index >= 15 is 0 Å². The van der Waals surface area contributed by atoms with Crippen LogP contribution in [0.1, 0.15) is 11.3 Å². The Labute approximate surface area is 183 Å². The largest absolute Gasteiger partial charge is 0.309 e. The molecule has 1 heterocycles. The molecule has 31 heavy (non-hydrogen) atoms. The Bertz CT molecular complexity index is 1280. The minimum absolute atomic E-state index is 1.15. The molecular weight excluding hydrogens is 374 g/mol. The van der Waals surface area contributed by atoms with E-state index in [2.05, 4.69) is 138 Å². The van der Waals surface area contributed by atoms with Gasteiger partial charge in [-0.25, -0.2) is 0 Å². The lowest BCUT2D eigenvalue weighted by Gasteiger charge is -2.14. The maximum atomic E-state index is 2.36. The van der Waals surface area contributed by atoms with Gasteiger partial charge in [-0.3, -0.25) is 0 Å². The van der Waals surface area contributed by atoms with Crippen LogP contribution >= 0.6 is 0 Å². The number of hydrogen-bond acceptors (Lipinski definition) is 0. The first-order valence-corrected chi connectivity index (χ1v) is 10.6. The molecular formula is C30H23N. The zero-order valence-corrected chi connectivity index (χ0v) is 17.2. The van der Waals surface area contributed by atoms with Crippen LogP contribution in [0.2, 0.25) is 0 Å². The predicted molar refractivity (Wildman–Crippen MR) is 132 cm³/mol. The number of rotatable bonds is 5. The van der Waals surface area contributed by atoms with Crippen LogP contribution in [0.15, 0.2) is 127 Å². The van der Waals surface area contributed by atoms with Crippen molar-refractivity contribution in [2.75, 3.05) is 0 Å². The van der Waals surface area contributed by atoms with Gasteiger partial charge < -0.3 is 4.57 Å². The van der Waals surface area contributed by atoms with E-state index in [4.69, 9.17) is 0 Å². The summed E-state index contributed by atoms with van der Waals surface area (Å²) in [6, 6.07) is 44.6. The van der Waals surface area contributed by atoms with Gasteiger partial charge in [0.1, 0.15) is 0 Å². The molecule has 0 radical (unpaired) electrons. The van der Waals surface area contributed by atoms with Crippen molar-refractivity contribution in [1.29, 1.82) is 0 Å². The quantitative estimate of drug-likeness (QED) is 0.283. The van der Waals surface area contributed by atoms with E-state index in [-0.39, 0.29) is 0 Å². The molecule has 1 heteroatoms. The second kappa shape index (κ2) is 8.73. The molecule has 5 rings (SSSR count). The van der Waals surface area contributed by atoms with Crippen LogP contribution in [0.5, 0.6) is 0 Å². The van der Waals surface area contributed by atoms with Crippen LogP contribution in [-0.2, 0) is 0 Å². The monoisotopic (exact) mass is 397 g/mol. The normalized spacial score (nSPS) is 11.1. The van der Waals surface area contributed by atoms with Crippen LogP contribution in [0, 0.1) is 0 Å². The number of aromatic nitrogens is 1. The van der Waals surface area contributed by atoms with Gasteiger partial charge in [0.15, 0.2) is 0 Å². The highest BCUT2D eigenvalue weighted by atomic mass is 15.0. The van der Waals surface area contributed by atoms with Crippen LogP contribution in [0.4, 0.5) is 0 Å². The smallest absolute Gasteiger partial charge is 0.0613 e. The van der Waals surface area contributed by atoms with Gasteiger partial charge >= 0.3 is 0 Å². The SMILES string of the molecule is C(=C\c1cc(-c2ccccc2)c(-c2ccccc2)n1-c1ccccc1)/c1ccccc1. The third-order valence-electron chi connectivity index (χ3n) is 5.42. The lowest BCUT2D eigenvalue weighted by Crippen LogP contribution is -1.99. The van der Waals surface area contributed by atoms with Gasteiger partial charge in [-0.2, -0.15) is 0 Å². The maximum absolute atomic E-state index is 2.36. The topological polar surface area (TPSA) is 4.93 Å². The summed E-state index contributed by atoms with van der Waals surface area (Å²) < 4.78 is 2.36. The Morgan fingerprint density at radius 2 is 1.00 bits per heavy atom. The van der Waals surface area contributed by atoms with E-state index in [1.807, 2.05) is 6.07 Å². The first-order chi connectivity index (χ1) is 15.4. The first kappa shape index (κ1) is 18.9. The highest BCUT2D eigenvalue weighted by Gasteiger charge is 2.18. The van der Waals surface area contributed by atoms with Crippen molar-refractivity contribution in [2.45, 2.75) is 0 Å². The minimum atomic E-state index is 1.15. The standard InChI is InChI=1S/C30H23N/c1-5-13-24(14-6-1)21-22-28-23-29(25-15-7-2-8-16-25)30(26-17-9-3-10-18-26)31(28)27-19-11-4-12-20-27/h1-23H/b22-21+. The maximum Gasteiger partial charge on any atom is 0.0613 e. The van der Waals surface area contributed by atoms with Crippen LogP contribution in [0.25, 0.3) is 40.2 Å². The van der Waals surface area contributed by atoms with E-state index in [1.54, 1.807) is 0 Å². The minimum Gasteiger partial charge on any atom is -0.309 e. The van der Waals surface area contributed by atoms with E-state index in [0.29, 0.717) is 0 Å². The summed E-state index contributed by atoms with van der Waals surface area (Å²) >= 11 is 0. The van der Waals surface area contributed by atoms with Gasteiger partial charge in [-0.05, 0) is 41.0 Å². The Kier molecular flexibility index (Phi) is 5.32. The lowest BCUT2D eigenvalue weighted by molar-refractivity contribution is 1.07. The Balaban J connectivity index is 1.78. The van der Waals surface area contributed by atoms with E-state index in [0.717, 1.165) is 11.4 Å². The van der Waals surface area contributed by atoms with Crippen LogP contribution in [0.3, 0.4) is 0 Å². The molecule has 0 bridgehead atoms. The predicted octanol–water partition coefficient (Wildman–Crippen LogP) is 7.98. The zero-order valence-electron chi connectivity index (χ0n) is 17.2. The van der Waals surface area contributed by atoms with Crippen molar-refractivity contribution in [2.24, 2.45) is 0 Å². The molecule has 0 N–H and O–H groups in total. The van der Waals surface area contributed by atoms with Gasteiger partial charge in [0.05, 0.1) is 5.69 Å². The van der Waals surface area contributed by atoms with Gasteiger partial charge in [0.25, 0.3) is 0 Å². The molecule has 148 valence electrons. The van der Waals surface area contributed by atoms with Gasteiger partial charge in [-0.1, -0.05) is 115 Å². The summed E-state index contributed by atoms with van der Waals surface area (Å²) in [6.45, 7) is 0. The van der Waals surface area contributed by atoms with Crippen molar-refractivity contribution in [3.8, 4) is 28.1 Å². The molecule has 0 atom stereocenters. The molecule has 4 aromatic carbocycles. The fraction of sp³-hybridized carbons (Fsp3) is 0. The second-order valence-corrected chi connectivity index (χ2v) is 7.48. The molecule has 1 nitrogen and oxygen atoms in total. The molecule has 0 aliphatic heterocycles. The molecule has 0 aliphatic rings. The van der Waals surface area contributed by atoms with E-state index in [1.165, 1.54) is 27.9 Å². The molecule has 0 spiro atoms. The molecule has 1 aromatic heterocycles. The third-order valence-corrected chi connectivity index (χ3v) is 5.42. The molecule has 0 amide bonds. The average Bonchev–Trinajstić information content (AvgIpc) is 3.24.